The number of H-pyrrole nitrogens is 1. The molecule has 110 valence electrons. The Kier molecular flexibility index (Phi) is 4.06. The van der Waals surface area contributed by atoms with Crippen molar-refractivity contribution in [3.63, 3.8) is 0 Å². The first kappa shape index (κ1) is 15.2. The Morgan fingerprint density at radius 2 is 2.10 bits per heavy atom. The number of aromatic amines is 1. The third-order valence-corrected chi connectivity index (χ3v) is 4.96. The molecule has 8 heteroatoms. The molecule has 0 fully saturated rings. The maximum atomic E-state index is 12.6. The molecule has 0 atom stereocenters. The van der Waals surface area contributed by atoms with Crippen LogP contribution in [0, 0.1) is 25.2 Å². The van der Waals surface area contributed by atoms with Gasteiger partial charge in [0.2, 0.25) is 10.0 Å². The van der Waals surface area contributed by atoms with E-state index in [0.717, 1.165) is 0 Å². The molecule has 0 aliphatic heterocycles. The summed E-state index contributed by atoms with van der Waals surface area (Å²) in [5.41, 5.74) is 0.897. The van der Waals surface area contributed by atoms with E-state index in [1.165, 1.54) is 17.4 Å². The lowest BCUT2D eigenvalue weighted by Crippen LogP contribution is -2.27. The Morgan fingerprint density at radius 3 is 2.67 bits per heavy atom. The van der Waals surface area contributed by atoms with Gasteiger partial charge >= 0.3 is 0 Å². The molecule has 0 saturated heterocycles. The van der Waals surface area contributed by atoms with Crippen molar-refractivity contribution in [1.29, 1.82) is 5.26 Å². The number of hydrogen-bond acceptors (Lipinski definition) is 5. The highest BCUT2D eigenvalue weighted by Crippen LogP contribution is 2.21. The number of nitriles is 1. The number of aromatic nitrogens is 3. The lowest BCUT2D eigenvalue weighted by molar-refractivity contribution is 0.456. The van der Waals surface area contributed by atoms with Crippen LogP contribution in [0.4, 0.5) is 0 Å². The predicted octanol–water partition coefficient (Wildman–Crippen LogP) is 1.11. The fourth-order valence-electron chi connectivity index (χ4n) is 1.86. The number of benzene rings is 1. The summed E-state index contributed by atoms with van der Waals surface area (Å²) in [6, 6.07) is 6.54. The van der Waals surface area contributed by atoms with Gasteiger partial charge in [-0.1, -0.05) is 6.07 Å². The number of rotatable bonds is 4. The zero-order valence-electron chi connectivity index (χ0n) is 12.0. The number of aryl methyl sites for hydroxylation is 2. The third kappa shape index (κ3) is 3.09. The van der Waals surface area contributed by atoms with Crippen molar-refractivity contribution < 1.29 is 8.42 Å². The van der Waals surface area contributed by atoms with Crippen LogP contribution < -0.4 is 0 Å². The van der Waals surface area contributed by atoms with Gasteiger partial charge in [-0.15, -0.1) is 0 Å². The fourth-order valence-corrected chi connectivity index (χ4v) is 3.23. The van der Waals surface area contributed by atoms with Crippen molar-refractivity contribution in [2.24, 2.45) is 0 Å². The molecule has 0 aliphatic carbocycles. The minimum absolute atomic E-state index is 0.0584. The zero-order valence-corrected chi connectivity index (χ0v) is 12.8. The zero-order chi connectivity index (χ0) is 15.6. The third-order valence-electron chi connectivity index (χ3n) is 3.01. The molecule has 0 saturated carbocycles. The monoisotopic (exact) mass is 305 g/mol. The van der Waals surface area contributed by atoms with Crippen LogP contribution in [0.2, 0.25) is 0 Å². The second-order valence-corrected chi connectivity index (χ2v) is 6.70. The van der Waals surface area contributed by atoms with Gasteiger partial charge in [-0.25, -0.2) is 13.4 Å². The first-order valence-electron chi connectivity index (χ1n) is 6.19. The van der Waals surface area contributed by atoms with E-state index in [9.17, 15) is 8.42 Å². The summed E-state index contributed by atoms with van der Waals surface area (Å²) in [5.74, 6) is 1.02. The summed E-state index contributed by atoms with van der Waals surface area (Å²) < 4.78 is 26.3. The minimum Gasteiger partial charge on any atom is -0.263 e. The second-order valence-electron chi connectivity index (χ2n) is 4.69. The van der Waals surface area contributed by atoms with Crippen molar-refractivity contribution in [1.82, 2.24) is 19.5 Å². The Labute approximate surface area is 123 Å². The molecule has 1 aromatic heterocycles. The van der Waals surface area contributed by atoms with Crippen molar-refractivity contribution >= 4 is 10.0 Å². The highest BCUT2D eigenvalue weighted by Gasteiger charge is 2.24. The number of nitrogens with zero attached hydrogens (tertiary/aromatic N) is 4. The first-order valence-corrected chi connectivity index (χ1v) is 7.63. The molecule has 0 amide bonds. The van der Waals surface area contributed by atoms with Gasteiger partial charge in [0, 0.05) is 7.05 Å². The van der Waals surface area contributed by atoms with Crippen LogP contribution in [-0.2, 0) is 16.6 Å². The Hall–Kier alpha value is -2.24. The predicted molar refractivity (Wildman–Crippen MR) is 75.7 cm³/mol. The smallest absolute Gasteiger partial charge is 0.243 e. The minimum atomic E-state index is -3.70. The van der Waals surface area contributed by atoms with Crippen LogP contribution in [0.15, 0.2) is 23.1 Å². The van der Waals surface area contributed by atoms with Gasteiger partial charge in [-0.05, 0) is 31.5 Å². The lowest BCUT2D eigenvalue weighted by atomic mass is 10.2. The molecule has 1 N–H and O–H groups in total. The molecule has 1 heterocycles. The summed E-state index contributed by atoms with van der Waals surface area (Å²) in [7, 11) is -2.24. The van der Waals surface area contributed by atoms with Crippen LogP contribution >= 0.6 is 0 Å². The van der Waals surface area contributed by atoms with Crippen LogP contribution in [-0.4, -0.2) is 35.0 Å². The van der Waals surface area contributed by atoms with Gasteiger partial charge in [-0.3, -0.25) is 5.10 Å². The SMILES string of the molecule is Cc1nc(CN(C)S(=O)(=O)c2cc(C#N)ccc2C)n[nH]1. The molecule has 2 rings (SSSR count). The Bertz CT molecular complexity index is 804. The molecule has 1 aromatic carbocycles. The van der Waals surface area contributed by atoms with E-state index in [1.54, 1.807) is 26.0 Å². The van der Waals surface area contributed by atoms with Gasteiger partial charge in [0.25, 0.3) is 0 Å². The highest BCUT2D eigenvalue weighted by molar-refractivity contribution is 7.89. The molecule has 7 nitrogen and oxygen atoms in total. The van der Waals surface area contributed by atoms with Crippen LogP contribution in [0.5, 0.6) is 0 Å². The normalized spacial score (nSPS) is 11.6. The van der Waals surface area contributed by atoms with Crippen molar-refractivity contribution in [2.45, 2.75) is 25.3 Å². The summed E-state index contributed by atoms with van der Waals surface area (Å²) >= 11 is 0. The van der Waals surface area contributed by atoms with Crippen LogP contribution in [0.25, 0.3) is 0 Å². The average Bonchev–Trinajstić information content (AvgIpc) is 2.84. The van der Waals surface area contributed by atoms with E-state index >= 15 is 0 Å². The molecular weight excluding hydrogens is 290 g/mol. The van der Waals surface area contributed by atoms with Gasteiger partial charge in [-0.2, -0.15) is 14.7 Å². The lowest BCUT2D eigenvalue weighted by Gasteiger charge is -2.17. The van der Waals surface area contributed by atoms with E-state index in [1.807, 2.05) is 6.07 Å². The second kappa shape index (κ2) is 5.63. The molecule has 2 aromatic rings. The van der Waals surface area contributed by atoms with Crippen LogP contribution in [0.1, 0.15) is 22.8 Å². The Morgan fingerprint density at radius 1 is 1.38 bits per heavy atom. The topological polar surface area (TPSA) is 103 Å². The fraction of sp³-hybridized carbons (Fsp3) is 0.308. The standard InChI is InChI=1S/C13H15N5O2S/c1-9-4-5-11(7-14)6-12(9)21(19,20)18(3)8-13-15-10(2)16-17-13/h4-6H,8H2,1-3H3,(H,15,16,17). The van der Waals surface area contributed by atoms with E-state index in [4.69, 9.17) is 5.26 Å². The van der Waals surface area contributed by atoms with Crippen molar-refractivity contribution in [3.05, 3.63) is 41.0 Å². The molecular formula is C13H15N5O2S. The van der Waals surface area contributed by atoms with E-state index in [0.29, 0.717) is 22.8 Å². The molecule has 0 aliphatic rings. The maximum Gasteiger partial charge on any atom is 0.243 e. The quantitative estimate of drug-likeness (QED) is 0.911. The van der Waals surface area contributed by atoms with E-state index in [-0.39, 0.29) is 11.4 Å². The van der Waals surface area contributed by atoms with E-state index in [2.05, 4.69) is 15.2 Å². The average molecular weight is 305 g/mol. The number of hydrogen-bond donors (Lipinski definition) is 1. The summed E-state index contributed by atoms with van der Waals surface area (Å²) in [5, 5.41) is 15.5. The summed E-state index contributed by atoms with van der Waals surface area (Å²) in [4.78, 5) is 4.21. The molecule has 0 bridgehead atoms. The number of nitrogens with one attached hydrogen (secondary N) is 1. The largest absolute Gasteiger partial charge is 0.263 e. The summed E-state index contributed by atoms with van der Waals surface area (Å²) in [6.45, 7) is 3.49. The van der Waals surface area contributed by atoms with Crippen LogP contribution in [0.3, 0.4) is 0 Å². The van der Waals surface area contributed by atoms with Gasteiger partial charge < -0.3 is 0 Å². The van der Waals surface area contributed by atoms with Crippen molar-refractivity contribution in [2.75, 3.05) is 7.05 Å². The highest BCUT2D eigenvalue weighted by atomic mass is 32.2. The Balaban J connectivity index is 2.35. The molecule has 21 heavy (non-hydrogen) atoms. The van der Waals surface area contributed by atoms with E-state index < -0.39 is 10.0 Å². The molecule has 0 unspecified atom stereocenters. The molecule has 0 spiro atoms. The van der Waals surface area contributed by atoms with Gasteiger partial charge in [0.1, 0.15) is 5.82 Å². The maximum absolute atomic E-state index is 12.6. The number of sulfonamides is 1. The van der Waals surface area contributed by atoms with Crippen molar-refractivity contribution in [3.8, 4) is 6.07 Å². The summed E-state index contributed by atoms with van der Waals surface area (Å²) in [6.07, 6.45) is 0. The van der Waals surface area contributed by atoms with Gasteiger partial charge in [0.05, 0.1) is 23.1 Å². The first-order chi connectivity index (χ1) is 9.84. The molecule has 0 radical (unpaired) electrons. The van der Waals surface area contributed by atoms with Gasteiger partial charge in [0.15, 0.2) is 5.82 Å².